The molecule has 0 fully saturated rings. The number of benzene rings is 1. The van der Waals surface area contributed by atoms with Gasteiger partial charge < -0.3 is 10.1 Å². The number of anilines is 1. The number of rotatable bonds is 3. The lowest BCUT2D eigenvalue weighted by Gasteiger charge is -2.17. The van der Waals surface area contributed by atoms with Gasteiger partial charge in [0.1, 0.15) is 9.92 Å². The standard InChI is InChI=1S/C20H25N5O3S/c1-11-6-7-14-15(11)10-12-4-2-5-13(12)16(14)23-19(26)17-18(29(21,22)27)20-25(24-17)8-3-9-28-20/h10-11H,2-9H2,1H3,(H,23,26)(H3,21,22,27)/t11-/m0/s1. The van der Waals surface area contributed by atoms with E-state index in [0.29, 0.717) is 19.1 Å². The predicted octanol–water partition coefficient (Wildman–Crippen LogP) is 2.74. The zero-order valence-corrected chi connectivity index (χ0v) is 17.2. The van der Waals surface area contributed by atoms with E-state index in [0.717, 1.165) is 44.2 Å². The van der Waals surface area contributed by atoms with E-state index in [1.807, 2.05) is 0 Å². The summed E-state index contributed by atoms with van der Waals surface area (Å²) in [6.07, 6.45) is 5.78. The maximum absolute atomic E-state index is 13.3. The van der Waals surface area contributed by atoms with Crippen LogP contribution in [0.25, 0.3) is 0 Å². The van der Waals surface area contributed by atoms with Crippen molar-refractivity contribution < 1.29 is 13.7 Å². The van der Waals surface area contributed by atoms with Crippen LogP contribution in [0, 0.1) is 4.78 Å². The van der Waals surface area contributed by atoms with E-state index in [9.17, 15) is 9.00 Å². The Hall–Kier alpha value is -2.39. The predicted molar refractivity (Wildman–Crippen MR) is 109 cm³/mol. The Morgan fingerprint density at radius 1 is 1.34 bits per heavy atom. The Kier molecular flexibility index (Phi) is 4.22. The number of fused-ring (bicyclic) bond motifs is 3. The zero-order valence-electron chi connectivity index (χ0n) is 16.4. The number of ether oxygens (including phenoxy) is 1. The van der Waals surface area contributed by atoms with E-state index in [-0.39, 0.29) is 16.5 Å². The molecule has 29 heavy (non-hydrogen) atoms. The van der Waals surface area contributed by atoms with Crippen LogP contribution in [-0.4, -0.2) is 26.5 Å². The summed E-state index contributed by atoms with van der Waals surface area (Å²) >= 11 is 0. The molecular weight excluding hydrogens is 390 g/mol. The number of hydrogen-bond acceptors (Lipinski definition) is 5. The molecule has 0 saturated heterocycles. The molecule has 2 aliphatic carbocycles. The normalized spacial score (nSPS) is 21.7. The Morgan fingerprint density at radius 3 is 2.97 bits per heavy atom. The second kappa shape index (κ2) is 6.56. The van der Waals surface area contributed by atoms with Gasteiger partial charge in [-0.3, -0.25) is 4.79 Å². The van der Waals surface area contributed by atoms with Gasteiger partial charge >= 0.3 is 0 Å². The van der Waals surface area contributed by atoms with Crippen molar-refractivity contribution in [3.63, 3.8) is 0 Å². The van der Waals surface area contributed by atoms with E-state index in [2.05, 4.69) is 23.4 Å². The van der Waals surface area contributed by atoms with Crippen LogP contribution in [-0.2, 0) is 35.7 Å². The van der Waals surface area contributed by atoms with Crippen molar-refractivity contribution in [2.24, 2.45) is 5.14 Å². The number of hydrogen-bond donors (Lipinski definition) is 3. The molecular formula is C20H25N5O3S. The van der Waals surface area contributed by atoms with Crippen LogP contribution in [0.15, 0.2) is 11.0 Å². The second-order valence-corrected chi connectivity index (χ2v) is 9.82. The minimum atomic E-state index is -3.67. The van der Waals surface area contributed by atoms with Gasteiger partial charge in [0.05, 0.1) is 6.61 Å². The van der Waals surface area contributed by atoms with Crippen LogP contribution in [0.1, 0.15) is 64.8 Å². The summed E-state index contributed by atoms with van der Waals surface area (Å²) in [7, 11) is -3.67. The van der Waals surface area contributed by atoms with Crippen molar-refractivity contribution in [3.05, 3.63) is 34.0 Å². The van der Waals surface area contributed by atoms with Crippen LogP contribution >= 0.6 is 0 Å². The maximum Gasteiger partial charge on any atom is 0.277 e. The van der Waals surface area contributed by atoms with Gasteiger partial charge in [0.25, 0.3) is 5.91 Å². The molecule has 0 saturated carbocycles. The molecule has 0 radical (unpaired) electrons. The molecule has 2 heterocycles. The highest BCUT2D eigenvalue weighted by Gasteiger charge is 2.33. The zero-order chi connectivity index (χ0) is 20.3. The van der Waals surface area contributed by atoms with Gasteiger partial charge in [-0.15, -0.1) is 0 Å². The summed E-state index contributed by atoms with van der Waals surface area (Å²) in [5, 5.41) is 13.0. The molecule has 0 spiro atoms. The van der Waals surface area contributed by atoms with E-state index < -0.39 is 15.8 Å². The first-order valence-corrected chi connectivity index (χ1v) is 11.8. The quantitative estimate of drug-likeness (QED) is 0.713. The molecule has 1 unspecified atom stereocenters. The van der Waals surface area contributed by atoms with Crippen molar-refractivity contribution in [1.29, 1.82) is 4.78 Å². The molecule has 2 aromatic rings. The summed E-state index contributed by atoms with van der Waals surface area (Å²) in [5.74, 6) is 0.186. The summed E-state index contributed by atoms with van der Waals surface area (Å²) in [6.45, 7) is 3.19. The fourth-order valence-electron chi connectivity index (χ4n) is 4.89. The highest BCUT2D eigenvalue weighted by atomic mass is 32.2. The van der Waals surface area contributed by atoms with E-state index in [4.69, 9.17) is 14.7 Å². The topological polar surface area (TPSA) is 123 Å². The summed E-state index contributed by atoms with van der Waals surface area (Å²) in [6, 6.07) is 2.32. The molecule has 1 aromatic carbocycles. The molecule has 1 aliphatic heterocycles. The van der Waals surface area contributed by atoms with Gasteiger partial charge in [0, 0.05) is 18.7 Å². The molecule has 154 valence electrons. The molecule has 5 rings (SSSR count). The number of aromatic nitrogens is 2. The van der Waals surface area contributed by atoms with Gasteiger partial charge in [-0.2, -0.15) is 5.10 Å². The van der Waals surface area contributed by atoms with E-state index >= 15 is 0 Å². The number of aryl methyl sites for hydroxylation is 2. The Labute approximate surface area is 169 Å². The molecule has 1 amide bonds. The lowest BCUT2D eigenvalue weighted by atomic mass is 9.95. The molecule has 3 aliphatic rings. The number of amides is 1. The molecule has 9 heteroatoms. The van der Waals surface area contributed by atoms with Crippen LogP contribution < -0.4 is 15.2 Å². The van der Waals surface area contributed by atoms with Gasteiger partial charge in [0.15, 0.2) is 10.6 Å². The second-order valence-electron chi connectivity index (χ2n) is 8.21. The summed E-state index contributed by atoms with van der Waals surface area (Å²) < 4.78 is 27.4. The summed E-state index contributed by atoms with van der Waals surface area (Å²) in [5.41, 5.74) is 5.84. The van der Waals surface area contributed by atoms with Gasteiger partial charge in [0.2, 0.25) is 5.88 Å². The lowest BCUT2D eigenvalue weighted by molar-refractivity contribution is 0.101. The highest BCUT2D eigenvalue weighted by molar-refractivity contribution is 7.90. The first-order valence-electron chi connectivity index (χ1n) is 10.1. The van der Waals surface area contributed by atoms with Crippen molar-refractivity contribution in [1.82, 2.24) is 9.78 Å². The van der Waals surface area contributed by atoms with Crippen molar-refractivity contribution >= 4 is 21.5 Å². The number of carbonyl (C=O) groups is 1. The van der Waals surface area contributed by atoms with Gasteiger partial charge in [-0.1, -0.05) is 13.0 Å². The third-order valence-electron chi connectivity index (χ3n) is 6.27. The van der Waals surface area contributed by atoms with Crippen LogP contribution in [0.4, 0.5) is 5.69 Å². The molecule has 0 bridgehead atoms. The molecule has 2 atom stereocenters. The van der Waals surface area contributed by atoms with Crippen LogP contribution in [0.2, 0.25) is 0 Å². The minimum Gasteiger partial charge on any atom is -0.477 e. The smallest absolute Gasteiger partial charge is 0.277 e. The number of nitrogens with one attached hydrogen (secondary N) is 2. The Morgan fingerprint density at radius 2 is 2.17 bits per heavy atom. The van der Waals surface area contributed by atoms with Crippen molar-refractivity contribution in [2.75, 3.05) is 11.9 Å². The largest absolute Gasteiger partial charge is 0.477 e. The minimum absolute atomic E-state index is 0.0696. The SMILES string of the molecule is C[C@H]1CCc2c1cc1c(c2NC(=O)c2nn3c(c2S(=N)(N)=O)OCCC3)CCC1. The van der Waals surface area contributed by atoms with Gasteiger partial charge in [-0.05, 0) is 60.3 Å². The third kappa shape index (κ3) is 2.95. The number of carbonyl (C=O) groups excluding carboxylic acids is 1. The third-order valence-corrected chi connectivity index (χ3v) is 7.25. The average molecular weight is 416 g/mol. The number of nitrogens with zero attached hydrogens (tertiary/aromatic N) is 2. The monoisotopic (exact) mass is 415 g/mol. The van der Waals surface area contributed by atoms with E-state index in [1.54, 1.807) is 0 Å². The average Bonchev–Trinajstić information content (AvgIpc) is 3.38. The number of nitrogens with two attached hydrogens (primary N) is 1. The Bertz CT molecular complexity index is 1140. The molecule has 1 aromatic heterocycles. The highest BCUT2D eigenvalue weighted by Crippen LogP contribution is 2.43. The summed E-state index contributed by atoms with van der Waals surface area (Å²) in [4.78, 5) is 13.2. The Balaban J connectivity index is 1.60. The van der Waals surface area contributed by atoms with E-state index in [1.165, 1.54) is 26.9 Å². The fraction of sp³-hybridized carbons (Fsp3) is 0.500. The van der Waals surface area contributed by atoms with Crippen molar-refractivity contribution in [3.8, 4) is 5.88 Å². The molecule has 8 nitrogen and oxygen atoms in total. The van der Waals surface area contributed by atoms with Crippen LogP contribution in [0.3, 0.4) is 0 Å². The first-order chi connectivity index (χ1) is 13.8. The molecule has 4 N–H and O–H groups in total. The lowest BCUT2D eigenvalue weighted by Crippen LogP contribution is -2.21. The van der Waals surface area contributed by atoms with Crippen molar-refractivity contribution in [2.45, 2.75) is 62.8 Å². The van der Waals surface area contributed by atoms with Crippen LogP contribution in [0.5, 0.6) is 5.88 Å². The maximum atomic E-state index is 13.3. The fourth-order valence-corrected chi connectivity index (χ4v) is 5.73. The van der Waals surface area contributed by atoms with Gasteiger partial charge in [-0.25, -0.2) is 18.8 Å². The first kappa shape index (κ1) is 18.6.